The molecule has 0 saturated carbocycles. The third-order valence-electron chi connectivity index (χ3n) is 7.94. The van der Waals surface area contributed by atoms with Crippen LogP contribution in [-0.2, 0) is 30.9 Å². The number of nitrogens with zero attached hydrogens (tertiary/aromatic N) is 2. The quantitative estimate of drug-likeness (QED) is 0.168. The van der Waals surface area contributed by atoms with Crippen LogP contribution in [-0.4, -0.2) is 9.97 Å². The molecule has 3 heterocycles. The van der Waals surface area contributed by atoms with Gasteiger partial charge in [0.15, 0.2) is 0 Å². The van der Waals surface area contributed by atoms with Gasteiger partial charge in [-0.2, -0.15) is 0 Å². The smallest absolute Gasteiger partial charge is 0.0163 e. The van der Waals surface area contributed by atoms with E-state index in [2.05, 4.69) is 124 Å². The van der Waals surface area contributed by atoms with Crippen molar-refractivity contribution in [2.24, 2.45) is 0 Å². The van der Waals surface area contributed by atoms with E-state index in [1.165, 1.54) is 38.3 Å². The summed E-state index contributed by atoms with van der Waals surface area (Å²) < 4.78 is 0. The zero-order valence-corrected chi connectivity index (χ0v) is 28.3. The van der Waals surface area contributed by atoms with E-state index in [9.17, 15) is 0 Å². The number of thiophene rings is 1. The van der Waals surface area contributed by atoms with Crippen molar-refractivity contribution in [1.29, 1.82) is 0 Å². The Labute approximate surface area is 273 Å². The molecule has 0 aliphatic heterocycles. The summed E-state index contributed by atoms with van der Waals surface area (Å²) in [6.45, 7) is 11.3. The number of benzene rings is 3. The molecule has 0 unspecified atom stereocenters. The second-order valence-electron chi connectivity index (χ2n) is 12.2. The van der Waals surface area contributed by atoms with Gasteiger partial charge in [0.2, 0.25) is 0 Å². The zero-order valence-electron chi connectivity index (χ0n) is 25.1. The first-order chi connectivity index (χ1) is 20.2. The molecule has 1 aliphatic carbocycles. The minimum Gasteiger partial charge on any atom is -0.305 e. The molecule has 217 valence electrons. The van der Waals surface area contributed by atoms with Crippen LogP contribution in [0.25, 0.3) is 44.1 Å². The van der Waals surface area contributed by atoms with Crippen LogP contribution in [0.1, 0.15) is 51.3 Å². The van der Waals surface area contributed by atoms with Gasteiger partial charge < -0.3 is 9.97 Å². The van der Waals surface area contributed by atoms with Crippen molar-refractivity contribution in [1.82, 2.24) is 9.97 Å². The average Bonchev–Trinajstić information content (AvgIpc) is 3.64. The second-order valence-corrected chi connectivity index (χ2v) is 13.1. The summed E-state index contributed by atoms with van der Waals surface area (Å²) in [6, 6.07) is 40.3. The molecule has 7 rings (SSSR count). The van der Waals surface area contributed by atoms with Gasteiger partial charge in [-0.1, -0.05) is 94.3 Å². The fourth-order valence-electron chi connectivity index (χ4n) is 5.74. The summed E-state index contributed by atoms with van der Waals surface area (Å²) in [5.74, 6) is 0. The fraction of sp³-hybridized carbons (Fsp3) is 0.179. The standard InChI is InChI=1S/C24H24N.C15H10NS.Ir/c1-23(2,3)16-13-14-25-21(15-16)19-11-8-10-18-17-9-6-7-12-20(17)24(4,5)22(18)19;1-2-9-16-14(7-1)12-5-3-6-13(11-12)15-8-4-10-17-15;/h6-10,12-15H,1-5H3;1-4,6-11H;/q2*-1;. The maximum absolute atomic E-state index is 4.70. The van der Waals surface area contributed by atoms with Crippen LogP contribution in [0.15, 0.2) is 115 Å². The molecule has 0 atom stereocenters. The van der Waals surface area contributed by atoms with Gasteiger partial charge in [-0.05, 0) is 62.5 Å². The topological polar surface area (TPSA) is 25.8 Å². The van der Waals surface area contributed by atoms with Gasteiger partial charge in [-0.15, -0.1) is 70.5 Å². The zero-order chi connectivity index (χ0) is 29.3. The Kier molecular flexibility index (Phi) is 8.94. The Morgan fingerprint density at radius 3 is 2.23 bits per heavy atom. The van der Waals surface area contributed by atoms with Crippen LogP contribution < -0.4 is 0 Å². The van der Waals surface area contributed by atoms with E-state index in [4.69, 9.17) is 4.98 Å². The van der Waals surface area contributed by atoms with Crippen LogP contribution in [0.2, 0.25) is 0 Å². The summed E-state index contributed by atoms with van der Waals surface area (Å²) in [4.78, 5) is 10.3. The van der Waals surface area contributed by atoms with Gasteiger partial charge in [0.1, 0.15) is 0 Å². The molecule has 1 aliphatic rings. The van der Waals surface area contributed by atoms with Crippen molar-refractivity contribution >= 4 is 11.3 Å². The van der Waals surface area contributed by atoms with Crippen molar-refractivity contribution in [2.75, 3.05) is 0 Å². The molecule has 43 heavy (non-hydrogen) atoms. The van der Waals surface area contributed by atoms with Gasteiger partial charge in [0.05, 0.1) is 0 Å². The second kappa shape index (κ2) is 12.5. The average molecular weight is 755 g/mol. The van der Waals surface area contributed by atoms with Gasteiger partial charge in [-0.3, -0.25) is 0 Å². The molecule has 1 radical (unpaired) electrons. The molecule has 0 bridgehead atoms. The molecule has 0 spiro atoms. The fourth-order valence-corrected chi connectivity index (χ4v) is 6.46. The van der Waals surface area contributed by atoms with E-state index >= 15 is 0 Å². The third-order valence-corrected chi connectivity index (χ3v) is 8.86. The van der Waals surface area contributed by atoms with Crippen LogP contribution in [0.3, 0.4) is 0 Å². The van der Waals surface area contributed by atoms with E-state index in [0.717, 1.165) is 22.5 Å². The van der Waals surface area contributed by atoms with Crippen LogP contribution >= 0.6 is 11.3 Å². The van der Waals surface area contributed by atoms with Gasteiger partial charge in [0, 0.05) is 37.4 Å². The maximum atomic E-state index is 4.70. The Balaban J connectivity index is 0.000000179. The number of hydrogen-bond acceptors (Lipinski definition) is 3. The van der Waals surface area contributed by atoms with E-state index in [-0.39, 0.29) is 30.9 Å². The number of pyridine rings is 2. The van der Waals surface area contributed by atoms with E-state index in [1.807, 2.05) is 36.5 Å². The third kappa shape index (κ3) is 6.19. The first kappa shape index (κ1) is 30.8. The maximum Gasteiger partial charge on any atom is 0.0163 e. The van der Waals surface area contributed by atoms with Crippen LogP contribution in [0.5, 0.6) is 0 Å². The number of hydrogen-bond donors (Lipinski definition) is 0. The summed E-state index contributed by atoms with van der Waals surface area (Å²) in [5, 5.41) is 2.09. The van der Waals surface area contributed by atoms with E-state index in [0.29, 0.717) is 0 Å². The summed E-state index contributed by atoms with van der Waals surface area (Å²) in [5.41, 5.74) is 12.1. The van der Waals surface area contributed by atoms with Crippen molar-refractivity contribution in [3.63, 3.8) is 0 Å². The molecule has 0 saturated heterocycles. The molecule has 0 amide bonds. The Bertz CT molecular complexity index is 1830. The monoisotopic (exact) mass is 755 g/mol. The molecule has 6 aromatic rings. The van der Waals surface area contributed by atoms with Crippen molar-refractivity contribution < 1.29 is 20.1 Å². The summed E-state index contributed by atoms with van der Waals surface area (Å²) in [6.07, 6.45) is 3.74. The Morgan fingerprint density at radius 1 is 0.721 bits per heavy atom. The Hall–Kier alpha value is -3.69. The van der Waals surface area contributed by atoms with Gasteiger partial charge in [0.25, 0.3) is 0 Å². The predicted octanol–water partition coefficient (Wildman–Crippen LogP) is 10.4. The molecule has 3 aromatic carbocycles. The Morgan fingerprint density at radius 2 is 1.49 bits per heavy atom. The molecule has 0 fully saturated rings. The molecule has 2 nitrogen and oxygen atoms in total. The number of rotatable bonds is 3. The van der Waals surface area contributed by atoms with Gasteiger partial charge >= 0.3 is 0 Å². The predicted molar refractivity (Wildman–Crippen MR) is 177 cm³/mol. The molecule has 4 heteroatoms. The molecule has 0 N–H and O–H groups in total. The first-order valence-electron chi connectivity index (χ1n) is 14.3. The minimum absolute atomic E-state index is 0. The van der Waals surface area contributed by atoms with E-state index < -0.39 is 0 Å². The summed E-state index contributed by atoms with van der Waals surface area (Å²) in [7, 11) is 0. The molecular formula is C39H34IrN2S-2. The van der Waals surface area contributed by atoms with Crippen LogP contribution in [0, 0.1) is 12.1 Å². The number of aromatic nitrogens is 2. The van der Waals surface area contributed by atoms with E-state index in [1.54, 1.807) is 17.5 Å². The van der Waals surface area contributed by atoms with Crippen molar-refractivity contribution in [3.05, 3.63) is 144 Å². The minimum atomic E-state index is -0.0432. The largest absolute Gasteiger partial charge is 0.305 e. The van der Waals surface area contributed by atoms with Crippen molar-refractivity contribution in [2.45, 2.75) is 45.4 Å². The molecule has 3 aromatic heterocycles. The number of fused-ring (bicyclic) bond motifs is 3. The van der Waals surface area contributed by atoms with Gasteiger partial charge in [-0.25, -0.2) is 0 Å². The normalized spacial score (nSPS) is 12.8. The SMILES string of the molecule is CC(C)(C)c1ccnc(-c2[c-]ccc3c2C(C)(C)c2ccccc2-3)c1.[Ir].[c-]1ccc(-c2cccs2)cc1-c1ccccn1. The first-order valence-corrected chi connectivity index (χ1v) is 15.2. The summed E-state index contributed by atoms with van der Waals surface area (Å²) >= 11 is 1.75. The van der Waals surface area contributed by atoms with Crippen LogP contribution in [0.4, 0.5) is 0 Å². The molecular weight excluding hydrogens is 721 g/mol. The van der Waals surface area contributed by atoms with Crippen molar-refractivity contribution in [3.8, 4) is 44.1 Å².